The summed E-state index contributed by atoms with van der Waals surface area (Å²) in [6, 6.07) is 0. The number of rotatable bonds is 2. The van der Waals surface area contributed by atoms with Crippen LogP contribution in [-0.2, 0) is 0 Å². The highest BCUT2D eigenvalue weighted by Crippen LogP contribution is 1.97. The molecule has 0 amide bonds. The Hall–Kier alpha value is 0.0300. The summed E-state index contributed by atoms with van der Waals surface area (Å²) in [5.74, 6) is 0. The molecule has 0 aliphatic carbocycles. The molecule has 0 saturated carbocycles. The van der Waals surface area contributed by atoms with Crippen LogP contribution >= 0.6 is 11.6 Å². The zero-order valence-corrected chi connectivity index (χ0v) is 4.57. The topological polar surface area (TPSA) is 0 Å². The summed E-state index contributed by atoms with van der Waals surface area (Å²) >= 11 is 5.47. The second-order valence-corrected chi connectivity index (χ2v) is 2.00. The molecule has 1 unspecified atom stereocenters. The molecule has 0 nitrogen and oxygen atoms in total. The van der Waals surface area contributed by atoms with E-state index in [-0.39, 0.29) is 5.38 Å². The fourth-order valence-corrected chi connectivity index (χ4v) is 0.290. The highest BCUT2D eigenvalue weighted by molar-refractivity contribution is 6.20. The van der Waals surface area contributed by atoms with Gasteiger partial charge in [0.15, 0.2) is 0 Å². The van der Waals surface area contributed by atoms with Crippen LogP contribution in [0.3, 0.4) is 0 Å². The predicted octanol–water partition coefficient (Wildman–Crippen LogP) is 1.99. The van der Waals surface area contributed by atoms with Crippen molar-refractivity contribution in [3.8, 4) is 0 Å². The van der Waals surface area contributed by atoms with Crippen molar-refractivity contribution >= 4 is 11.6 Å². The Morgan fingerprint density at radius 1 is 2.00 bits per heavy atom. The van der Waals surface area contributed by atoms with Crippen molar-refractivity contribution in [1.29, 1.82) is 0 Å². The molecule has 0 aliphatic rings. The van der Waals surface area contributed by atoms with Gasteiger partial charge in [-0.05, 0) is 13.3 Å². The SMILES string of the molecule is [CH]=CCC(C)Cl. The lowest BCUT2D eigenvalue weighted by molar-refractivity contribution is 0.970. The van der Waals surface area contributed by atoms with Gasteiger partial charge >= 0.3 is 0 Å². The molecular formula is C5H8Cl. The van der Waals surface area contributed by atoms with Crippen molar-refractivity contribution in [2.75, 3.05) is 0 Å². The fraction of sp³-hybridized carbons (Fsp3) is 0.600. The van der Waals surface area contributed by atoms with E-state index in [1.807, 2.05) is 6.92 Å². The molecule has 0 N–H and O–H groups in total. The molecule has 0 heterocycles. The van der Waals surface area contributed by atoms with E-state index >= 15 is 0 Å². The van der Waals surface area contributed by atoms with Crippen LogP contribution in [0.2, 0.25) is 0 Å². The van der Waals surface area contributed by atoms with Gasteiger partial charge in [-0.15, -0.1) is 11.6 Å². The predicted molar refractivity (Wildman–Crippen MR) is 28.8 cm³/mol. The third kappa shape index (κ3) is 4.03. The highest BCUT2D eigenvalue weighted by Gasteiger charge is 1.85. The van der Waals surface area contributed by atoms with Crippen LogP contribution in [0.1, 0.15) is 13.3 Å². The molecule has 0 aromatic rings. The molecule has 0 saturated heterocycles. The zero-order chi connectivity index (χ0) is 4.99. The zero-order valence-electron chi connectivity index (χ0n) is 3.82. The molecule has 0 aliphatic heterocycles. The quantitative estimate of drug-likeness (QED) is 0.469. The van der Waals surface area contributed by atoms with Gasteiger partial charge in [0.25, 0.3) is 0 Å². The summed E-state index contributed by atoms with van der Waals surface area (Å²) in [5.41, 5.74) is 0. The van der Waals surface area contributed by atoms with Gasteiger partial charge in [-0.1, -0.05) is 12.7 Å². The molecule has 0 aromatic heterocycles. The number of hydrogen-bond donors (Lipinski definition) is 0. The van der Waals surface area contributed by atoms with Crippen molar-refractivity contribution in [1.82, 2.24) is 0 Å². The van der Waals surface area contributed by atoms with E-state index in [0.717, 1.165) is 6.42 Å². The second kappa shape index (κ2) is 3.23. The van der Waals surface area contributed by atoms with Crippen LogP contribution in [0.25, 0.3) is 0 Å². The van der Waals surface area contributed by atoms with Crippen LogP contribution < -0.4 is 0 Å². The van der Waals surface area contributed by atoms with E-state index in [1.54, 1.807) is 6.08 Å². The van der Waals surface area contributed by atoms with E-state index in [4.69, 9.17) is 18.2 Å². The lowest BCUT2D eigenvalue weighted by Gasteiger charge is -1.89. The number of hydrogen-bond acceptors (Lipinski definition) is 0. The summed E-state index contributed by atoms with van der Waals surface area (Å²) in [4.78, 5) is 0. The van der Waals surface area contributed by atoms with Gasteiger partial charge in [0.2, 0.25) is 0 Å². The number of alkyl halides is 1. The van der Waals surface area contributed by atoms with Crippen molar-refractivity contribution in [2.45, 2.75) is 18.7 Å². The lowest BCUT2D eigenvalue weighted by atomic mass is 10.3. The van der Waals surface area contributed by atoms with Crippen molar-refractivity contribution in [3.05, 3.63) is 12.7 Å². The van der Waals surface area contributed by atoms with E-state index in [0.29, 0.717) is 0 Å². The molecule has 1 radical (unpaired) electrons. The maximum absolute atomic E-state index is 5.47. The Balaban J connectivity index is 2.81. The van der Waals surface area contributed by atoms with Crippen LogP contribution in [-0.4, -0.2) is 5.38 Å². The van der Waals surface area contributed by atoms with Crippen molar-refractivity contribution in [3.63, 3.8) is 0 Å². The van der Waals surface area contributed by atoms with E-state index in [2.05, 4.69) is 0 Å². The fourth-order valence-electron chi connectivity index (χ4n) is 0.188. The number of halogens is 1. The maximum Gasteiger partial charge on any atom is 0.0342 e. The summed E-state index contributed by atoms with van der Waals surface area (Å²) in [5, 5.41) is 0.190. The molecule has 6 heavy (non-hydrogen) atoms. The molecule has 1 atom stereocenters. The van der Waals surface area contributed by atoms with Crippen LogP contribution in [0.4, 0.5) is 0 Å². The Kier molecular flexibility index (Phi) is 3.24. The van der Waals surface area contributed by atoms with Crippen LogP contribution in [0.5, 0.6) is 0 Å². The highest BCUT2D eigenvalue weighted by atomic mass is 35.5. The van der Waals surface area contributed by atoms with Gasteiger partial charge in [-0.25, -0.2) is 0 Å². The molecule has 0 aromatic carbocycles. The molecule has 1 heteroatoms. The molecule has 0 bridgehead atoms. The third-order valence-corrected chi connectivity index (χ3v) is 0.639. The van der Waals surface area contributed by atoms with Crippen molar-refractivity contribution < 1.29 is 0 Å². The molecule has 0 spiro atoms. The Morgan fingerprint density at radius 2 is 2.50 bits per heavy atom. The monoisotopic (exact) mass is 103 g/mol. The van der Waals surface area contributed by atoms with Crippen molar-refractivity contribution in [2.24, 2.45) is 0 Å². The standard InChI is InChI=1S/C5H8Cl/c1-3-4-5(2)6/h1,3,5H,4H2,2H3. The Morgan fingerprint density at radius 3 is 2.50 bits per heavy atom. The lowest BCUT2D eigenvalue weighted by Crippen LogP contribution is -1.83. The smallest absolute Gasteiger partial charge is 0.0342 e. The second-order valence-electron chi connectivity index (χ2n) is 1.25. The van der Waals surface area contributed by atoms with E-state index in [9.17, 15) is 0 Å². The first-order chi connectivity index (χ1) is 2.77. The average Bonchev–Trinajstić information content (AvgIpc) is 1.35. The molecule has 0 fully saturated rings. The summed E-state index contributed by atoms with van der Waals surface area (Å²) < 4.78 is 0. The minimum atomic E-state index is 0.190. The first kappa shape index (κ1) is 6.03. The first-order valence-electron chi connectivity index (χ1n) is 1.95. The van der Waals surface area contributed by atoms with Gasteiger partial charge in [-0.3, -0.25) is 0 Å². The minimum Gasteiger partial charge on any atom is -0.123 e. The Bertz CT molecular complexity index is 39.2. The molecular weight excluding hydrogens is 95.5 g/mol. The van der Waals surface area contributed by atoms with E-state index in [1.165, 1.54) is 0 Å². The molecule has 35 valence electrons. The summed E-state index contributed by atoms with van der Waals surface area (Å²) in [6.07, 6.45) is 2.36. The third-order valence-electron chi connectivity index (χ3n) is 0.461. The van der Waals surface area contributed by atoms with Gasteiger partial charge in [-0.2, -0.15) is 0 Å². The van der Waals surface area contributed by atoms with Crippen LogP contribution in [0, 0.1) is 6.58 Å². The van der Waals surface area contributed by atoms with Gasteiger partial charge < -0.3 is 0 Å². The largest absolute Gasteiger partial charge is 0.123 e. The van der Waals surface area contributed by atoms with Gasteiger partial charge in [0.05, 0.1) is 0 Å². The normalized spacial score (nSPS) is 13.7. The summed E-state index contributed by atoms with van der Waals surface area (Å²) in [6.45, 7) is 6.93. The summed E-state index contributed by atoms with van der Waals surface area (Å²) in [7, 11) is 0. The van der Waals surface area contributed by atoms with Crippen LogP contribution in [0.15, 0.2) is 6.08 Å². The minimum absolute atomic E-state index is 0.190. The van der Waals surface area contributed by atoms with E-state index < -0.39 is 0 Å². The Labute approximate surface area is 43.8 Å². The van der Waals surface area contributed by atoms with Gasteiger partial charge in [0, 0.05) is 5.38 Å². The number of allylic oxidation sites excluding steroid dienone is 1. The first-order valence-corrected chi connectivity index (χ1v) is 2.38. The van der Waals surface area contributed by atoms with Gasteiger partial charge in [0.1, 0.15) is 0 Å². The molecule has 0 rings (SSSR count). The maximum atomic E-state index is 5.47. The average molecular weight is 104 g/mol.